The summed E-state index contributed by atoms with van der Waals surface area (Å²) < 4.78 is 57.9. The number of nitrogens with one attached hydrogen (secondary N) is 1. The zero-order chi connectivity index (χ0) is 17.1. The average molecular weight is 348 g/mol. The highest BCUT2D eigenvalue weighted by molar-refractivity contribution is 6.30. The number of carbonyl (C=O) groups is 1. The molecule has 0 bridgehead atoms. The van der Waals surface area contributed by atoms with Crippen molar-refractivity contribution >= 4 is 23.2 Å². The Morgan fingerprint density at radius 3 is 2.13 bits per heavy atom. The number of carbonyl (C=O) groups excluding carboxylic acids is 1. The molecule has 0 fully saturated rings. The average Bonchev–Trinajstić information content (AvgIpc) is 2.51. The number of benzene rings is 2. The Balaban J connectivity index is 2.14. The summed E-state index contributed by atoms with van der Waals surface area (Å²) in [5.41, 5.74) is 0.362. The Bertz CT molecular complexity index is 711. The second kappa shape index (κ2) is 6.87. The second-order valence-electron chi connectivity index (χ2n) is 4.55. The minimum atomic E-state index is -1.71. The fraction of sp³-hybridized carbons (Fsp3) is 0.133. The fourth-order valence-electron chi connectivity index (χ4n) is 1.66. The van der Waals surface area contributed by atoms with Crippen LogP contribution in [0.2, 0.25) is 5.02 Å². The maximum absolute atomic E-state index is 13.5. The Morgan fingerprint density at radius 2 is 1.61 bits per heavy atom. The molecular weight excluding hydrogens is 338 g/mol. The highest BCUT2D eigenvalue weighted by atomic mass is 35.5. The van der Waals surface area contributed by atoms with Crippen LogP contribution in [0.4, 0.5) is 23.2 Å². The molecule has 8 heteroatoms. The summed E-state index contributed by atoms with van der Waals surface area (Å²) >= 11 is 5.69. The summed E-state index contributed by atoms with van der Waals surface area (Å²) in [5, 5.41) is 2.85. The lowest BCUT2D eigenvalue weighted by Crippen LogP contribution is -2.31. The zero-order valence-corrected chi connectivity index (χ0v) is 12.4. The van der Waals surface area contributed by atoms with Crippen LogP contribution in [0.25, 0.3) is 0 Å². The standard InChI is InChI=1S/C15H10ClF4NO2/c1-7(15(22)21-9-4-2-8(16)3-5-9)23-14-12(19)10(17)6-11(18)13(14)20/h2-7H,1H3,(H,21,22)/t7-/m0/s1. The first-order valence-electron chi connectivity index (χ1n) is 6.35. The molecule has 0 radical (unpaired) electrons. The first-order valence-corrected chi connectivity index (χ1v) is 6.73. The highest BCUT2D eigenvalue weighted by Crippen LogP contribution is 2.27. The Labute approximate surface area is 133 Å². The summed E-state index contributed by atoms with van der Waals surface area (Å²) in [5.74, 6) is -8.73. The fourth-order valence-corrected chi connectivity index (χ4v) is 1.79. The van der Waals surface area contributed by atoms with Crippen LogP contribution in [0.15, 0.2) is 30.3 Å². The van der Waals surface area contributed by atoms with Gasteiger partial charge in [0, 0.05) is 16.8 Å². The van der Waals surface area contributed by atoms with E-state index in [0.29, 0.717) is 10.7 Å². The predicted octanol–water partition coefficient (Wildman–Crippen LogP) is 4.30. The van der Waals surface area contributed by atoms with Crippen LogP contribution in [0, 0.1) is 23.3 Å². The molecule has 0 aliphatic rings. The van der Waals surface area contributed by atoms with Gasteiger partial charge < -0.3 is 10.1 Å². The lowest BCUT2D eigenvalue weighted by Gasteiger charge is -2.16. The molecule has 2 rings (SSSR count). The van der Waals surface area contributed by atoms with E-state index in [-0.39, 0.29) is 6.07 Å². The maximum Gasteiger partial charge on any atom is 0.265 e. The number of ether oxygens (including phenoxy) is 1. The van der Waals surface area contributed by atoms with Gasteiger partial charge in [-0.2, -0.15) is 8.78 Å². The lowest BCUT2D eigenvalue weighted by atomic mass is 10.2. The van der Waals surface area contributed by atoms with Gasteiger partial charge in [0.15, 0.2) is 23.5 Å². The van der Waals surface area contributed by atoms with Crippen molar-refractivity contribution in [2.45, 2.75) is 13.0 Å². The van der Waals surface area contributed by atoms with Crippen LogP contribution in [-0.4, -0.2) is 12.0 Å². The summed E-state index contributed by atoms with van der Waals surface area (Å²) in [7, 11) is 0. The molecule has 0 aromatic heterocycles. The molecule has 2 aromatic carbocycles. The first-order chi connectivity index (χ1) is 10.8. The van der Waals surface area contributed by atoms with E-state index in [1.807, 2.05) is 0 Å². The largest absolute Gasteiger partial charge is 0.475 e. The second-order valence-corrected chi connectivity index (χ2v) is 4.99. The summed E-state index contributed by atoms with van der Waals surface area (Å²) in [6, 6.07) is 6.08. The molecule has 0 aliphatic carbocycles. The third kappa shape index (κ3) is 3.92. The van der Waals surface area contributed by atoms with E-state index in [1.54, 1.807) is 0 Å². The molecule has 3 nitrogen and oxygen atoms in total. The van der Waals surface area contributed by atoms with Gasteiger partial charge in [-0.15, -0.1) is 0 Å². The number of hydrogen-bond acceptors (Lipinski definition) is 2. The molecule has 2 aromatic rings. The SMILES string of the molecule is C[C@H](Oc1c(F)c(F)cc(F)c1F)C(=O)Nc1ccc(Cl)cc1. The monoisotopic (exact) mass is 347 g/mol. The van der Waals surface area contributed by atoms with Gasteiger partial charge >= 0.3 is 0 Å². The van der Waals surface area contributed by atoms with E-state index in [4.69, 9.17) is 16.3 Å². The van der Waals surface area contributed by atoms with Crippen molar-refractivity contribution in [3.8, 4) is 5.75 Å². The minimum absolute atomic E-state index is 0.0516. The molecular formula is C15H10ClF4NO2. The molecule has 0 heterocycles. The van der Waals surface area contributed by atoms with Crippen LogP contribution in [-0.2, 0) is 4.79 Å². The smallest absolute Gasteiger partial charge is 0.265 e. The van der Waals surface area contributed by atoms with Crippen molar-refractivity contribution in [1.29, 1.82) is 0 Å². The molecule has 0 unspecified atom stereocenters. The lowest BCUT2D eigenvalue weighted by molar-refractivity contribution is -0.122. The van der Waals surface area contributed by atoms with Gasteiger partial charge in [0.1, 0.15) is 0 Å². The third-order valence-corrected chi connectivity index (χ3v) is 3.10. The van der Waals surface area contributed by atoms with Gasteiger partial charge in [-0.05, 0) is 31.2 Å². The van der Waals surface area contributed by atoms with Crippen LogP contribution in [0.5, 0.6) is 5.75 Å². The summed E-state index contributed by atoms with van der Waals surface area (Å²) in [6.45, 7) is 1.17. The summed E-state index contributed by atoms with van der Waals surface area (Å²) in [4.78, 5) is 11.9. The van der Waals surface area contributed by atoms with E-state index in [0.717, 1.165) is 0 Å². The third-order valence-electron chi connectivity index (χ3n) is 2.85. The quantitative estimate of drug-likeness (QED) is 0.661. The topological polar surface area (TPSA) is 38.3 Å². The Morgan fingerprint density at radius 1 is 1.09 bits per heavy atom. The van der Waals surface area contributed by atoms with Crippen molar-refractivity contribution in [3.63, 3.8) is 0 Å². The van der Waals surface area contributed by atoms with E-state index >= 15 is 0 Å². The summed E-state index contributed by atoms with van der Waals surface area (Å²) in [6.07, 6.45) is -1.41. The van der Waals surface area contributed by atoms with E-state index in [9.17, 15) is 22.4 Å². The van der Waals surface area contributed by atoms with E-state index in [1.165, 1.54) is 31.2 Å². The van der Waals surface area contributed by atoms with Crippen LogP contribution in [0.3, 0.4) is 0 Å². The zero-order valence-electron chi connectivity index (χ0n) is 11.7. The predicted molar refractivity (Wildman–Crippen MR) is 76.4 cm³/mol. The number of rotatable bonds is 4. The van der Waals surface area contributed by atoms with Gasteiger partial charge in [0.05, 0.1) is 0 Å². The molecule has 0 saturated heterocycles. The number of anilines is 1. The van der Waals surface area contributed by atoms with Gasteiger partial charge in [-0.3, -0.25) is 4.79 Å². The molecule has 1 N–H and O–H groups in total. The molecule has 0 aliphatic heterocycles. The molecule has 23 heavy (non-hydrogen) atoms. The number of halogens is 5. The van der Waals surface area contributed by atoms with Crippen molar-refractivity contribution in [3.05, 3.63) is 58.6 Å². The number of hydrogen-bond donors (Lipinski definition) is 1. The molecule has 0 spiro atoms. The maximum atomic E-state index is 13.5. The van der Waals surface area contributed by atoms with Crippen molar-refractivity contribution in [1.82, 2.24) is 0 Å². The number of amides is 1. The van der Waals surface area contributed by atoms with Gasteiger partial charge in [-0.1, -0.05) is 11.6 Å². The Hall–Kier alpha value is -2.28. The van der Waals surface area contributed by atoms with Gasteiger partial charge in [0.2, 0.25) is 11.6 Å². The van der Waals surface area contributed by atoms with E-state index in [2.05, 4.69) is 5.32 Å². The first kappa shape index (κ1) is 17.1. The van der Waals surface area contributed by atoms with Crippen LogP contribution >= 0.6 is 11.6 Å². The molecule has 1 amide bonds. The van der Waals surface area contributed by atoms with Crippen LogP contribution in [0.1, 0.15) is 6.92 Å². The Kier molecular flexibility index (Phi) is 5.10. The normalized spacial score (nSPS) is 11.9. The van der Waals surface area contributed by atoms with Crippen molar-refractivity contribution in [2.24, 2.45) is 0 Å². The van der Waals surface area contributed by atoms with Crippen LogP contribution < -0.4 is 10.1 Å². The highest BCUT2D eigenvalue weighted by Gasteiger charge is 2.24. The van der Waals surface area contributed by atoms with Crippen molar-refractivity contribution < 1.29 is 27.1 Å². The minimum Gasteiger partial charge on any atom is -0.475 e. The molecule has 1 atom stereocenters. The van der Waals surface area contributed by atoms with Crippen molar-refractivity contribution in [2.75, 3.05) is 5.32 Å². The van der Waals surface area contributed by atoms with Gasteiger partial charge in [0.25, 0.3) is 5.91 Å². The van der Waals surface area contributed by atoms with Gasteiger partial charge in [-0.25, -0.2) is 8.78 Å². The molecule has 122 valence electrons. The van der Waals surface area contributed by atoms with E-state index < -0.39 is 41.0 Å². The molecule has 0 saturated carbocycles.